The van der Waals surface area contributed by atoms with Crippen LogP contribution in [0.4, 0.5) is 24.5 Å². The van der Waals surface area contributed by atoms with Gasteiger partial charge in [0.2, 0.25) is 0 Å². The molecule has 212 valence electrons. The summed E-state index contributed by atoms with van der Waals surface area (Å²) in [7, 11) is -4.20. The fourth-order valence-electron chi connectivity index (χ4n) is 4.35. The van der Waals surface area contributed by atoms with Crippen LogP contribution in [-0.2, 0) is 31.8 Å². The summed E-state index contributed by atoms with van der Waals surface area (Å²) < 4.78 is 67.1. The van der Waals surface area contributed by atoms with Crippen LogP contribution in [0.2, 0.25) is 0 Å². The number of amides is 1. The SMILES string of the molecule is CC(C)(C)c1cc(C=C2C(=O)Nc3ccc(S(=O)(=O)Nc4ccc(C(F)(F)F)cc4)cc32)c(O)c(C(C)(C)C)c1. The maximum absolute atomic E-state index is 13.1. The largest absolute Gasteiger partial charge is 0.507 e. The van der Waals surface area contributed by atoms with Crippen LogP contribution in [0.25, 0.3) is 11.6 Å². The van der Waals surface area contributed by atoms with Crippen molar-refractivity contribution in [3.8, 4) is 5.75 Å². The van der Waals surface area contributed by atoms with Crippen molar-refractivity contribution in [2.75, 3.05) is 10.0 Å². The van der Waals surface area contributed by atoms with Gasteiger partial charge in [-0.2, -0.15) is 13.2 Å². The number of carbonyl (C=O) groups is 1. The normalized spacial score (nSPS) is 15.2. The maximum Gasteiger partial charge on any atom is 0.416 e. The van der Waals surface area contributed by atoms with Gasteiger partial charge in [0.05, 0.1) is 10.5 Å². The molecule has 1 aliphatic rings. The van der Waals surface area contributed by atoms with Crippen molar-refractivity contribution in [3.63, 3.8) is 0 Å². The van der Waals surface area contributed by atoms with E-state index in [1.165, 1.54) is 18.2 Å². The highest BCUT2D eigenvalue weighted by Crippen LogP contribution is 2.41. The minimum absolute atomic E-state index is 0.0296. The molecule has 0 spiro atoms. The zero-order valence-electron chi connectivity index (χ0n) is 23.0. The third-order valence-electron chi connectivity index (χ3n) is 6.66. The van der Waals surface area contributed by atoms with Crippen molar-refractivity contribution in [1.29, 1.82) is 0 Å². The van der Waals surface area contributed by atoms with Gasteiger partial charge in [0, 0.05) is 33.6 Å². The van der Waals surface area contributed by atoms with Crippen LogP contribution in [0.15, 0.2) is 59.5 Å². The van der Waals surface area contributed by atoms with Crippen molar-refractivity contribution in [1.82, 2.24) is 0 Å². The van der Waals surface area contributed by atoms with Gasteiger partial charge in [0.25, 0.3) is 15.9 Å². The lowest BCUT2D eigenvalue weighted by molar-refractivity contribution is -0.137. The second-order valence-electron chi connectivity index (χ2n) is 11.9. The monoisotopic (exact) mass is 572 g/mol. The molecule has 0 saturated carbocycles. The summed E-state index contributed by atoms with van der Waals surface area (Å²) in [5.74, 6) is -0.430. The van der Waals surface area contributed by atoms with E-state index < -0.39 is 27.7 Å². The number of benzene rings is 3. The first-order valence-corrected chi connectivity index (χ1v) is 14.0. The Kier molecular flexibility index (Phi) is 7.07. The standard InChI is InChI=1S/C30H31F3N2O4S/c1-28(2,3)19-13-17(26(36)24(15-19)29(4,5)6)14-23-22-16-21(11-12-25(22)34-27(23)37)40(38,39)35-20-9-7-18(8-10-20)30(31,32)33/h7-16,35-36H,1-6H3,(H,34,37). The Morgan fingerprint density at radius 3 is 2.02 bits per heavy atom. The fourth-order valence-corrected chi connectivity index (χ4v) is 5.43. The molecular formula is C30H31F3N2O4S. The molecule has 3 aromatic rings. The van der Waals surface area contributed by atoms with Crippen LogP contribution in [0, 0.1) is 0 Å². The van der Waals surface area contributed by atoms with Gasteiger partial charge in [-0.1, -0.05) is 47.6 Å². The number of hydrogen-bond acceptors (Lipinski definition) is 4. The van der Waals surface area contributed by atoms with E-state index in [0.717, 1.165) is 29.8 Å². The average molecular weight is 573 g/mol. The maximum atomic E-state index is 13.1. The number of phenolic OH excluding ortho intramolecular Hbond substituents is 1. The molecule has 40 heavy (non-hydrogen) atoms. The number of hydrogen-bond donors (Lipinski definition) is 3. The van der Waals surface area contributed by atoms with Gasteiger partial charge in [0.15, 0.2) is 0 Å². The predicted octanol–water partition coefficient (Wildman–Crippen LogP) is 7.30. The van der Waals surface area contributed by atoms with E-state index in [2.05, 4.69) is 10.0 Å². The van der Waals surface area contributed by atoms with Gasteiger partial charge in [-0.25, -0.2) is 8.42 Å². The summed E-state index contributed by atoms with van der Waals surface area (Å²) >= 11 is 0. The summed E-state index contributed by atoms with van der Waals surface area (Å²) in [6, 6.07) is 11.5. The van der Waals surface area contributed by atoms with Gasteiger partial charge >= 0.3 is 6.18 Å². The molecule has 4 rings (SSSR count). The first-order chi connectivity index (χ1) is 18.3. The van der Waals surface area contributed by atoms with Crippen LogP contribution in [0.1, 0.15) is 69.4 Å². The molecule has 0 unspecified atom stereocenters. The van der Waals surface area contributed by atoms with Crippen molar-refractivity contribution in [3.05, 3.63) is 82.4 Å². The molecule has 0 bridgehead atoms. The molecule has 0 aliphatic carbocycles. The quantitative estimate of drug-likeness (QED) is 0.286. The Balaban J connectivity index is 1.77. The number of sulfonamides is 1. The average Bonchev–Trinajstić information content (AvgIpc) is 3.12. The smallest absolute Gasteiger partial charge is 0.416 e. The van der Waals surface area contributed by atoms with E-state index in [0.29, 0.717) is 22.4 Å². The molecule has 10 heteroatoms. The van der Waals surface area contributed by atoms with E-state index in [-0.39, 0.29) is 32.7 Å². The Morgan fingerprint density at radius 1 is 0.850 bits per heavy atom. The Labute approximate surface area is 232 Å². The highest BCUT2D eigenvalue weighted by Gasteiger charge is 2.31. The lowest BCUT2D eigenvalue weighted by Gasteiger charge is -2.27. The summed E-state index contributed by atoms with van der Waals surface area (Å²) in [5, 5.41) is 13.9. The number of anilines is 2. The van der Waals surface area contributed by atoms with Gasteiger partial charge < -0.3 is 10.4 Å². The predicted molar refractivity (Wildman–Crippen MR) is 151 cm³/mol. The fraction of sp³-hybridized carbons (Fsp3) is 0.300. The molecule has 1 aliphatic heterocycles. The molecule has 0 saturated heterocycles. The van der Waals surface area contributed by atoms with E-state index in [4.69, 9.17) is 0 Å². The molecule has 3 aromatic carbocycles. The second kappa shape index (κ2) is 9.69. The molecule has 3 N–H and O–H groups in total. The highest BCUT2D eigenvalue weighted by molar-refractivity contribution is 7.92. The lowest BCUT2D eigenvalue weighted by Crippen LogP contribution is -2.17. The number of nitrogens with one attached hydrogen (secondary N) is 2. The molecule has 6 nitrogen and oxygen atoms in total. The summed E-state index contributed by atoms with van der Waals surface area (Å²) in [6.45, 7) is 12.1. The van der Waals surface area contributed by atoms with Crippen molar-refractivity contribution in [2.24, 2.45) is 0 Å². The van der Waals surface area contributed by atoms with Gasteiger partial charge in [-0.15, -0.1) is 0 Å². The minimum atomic E-state index is -4.55. The molecule has 1 heterocycles. The summed E-state index contributed by atoms with van der Waals surface area (Å²) in [6.07, 6.45) is -3.01. The number of alkyl halides is 3. The van der Waals surface area contributed by atoms with Crippen molar-refractivity contribution in [2.45, 2.75) is 63.4 Å². The molecule has 0 fully saturated rings. The van der Waals surface area contributed by atoms with Gasteiger partial charge in [0.1, 0.15) is 5.75 Å². The van der Waals surface area contributed by atoms with Crippen LogP contribution in [-0.4, -0.2) is 19.4 Å². The van der Waals surface area contributed by atoms with Gasteiger partial charge in [-0.05, 0) is 71.0 Å². The molecule has 0 radical (unpaired) electrons. The Bertz CT molecular complexity index is 1630. The van der Waals surface area contributed by atoms with Gasteiger partial charge in [-0.3, -0.25) is 9.52 Å². The number of fused-ring (bicyclic) bond motifs is 1. The first-order valence-electron chi connectivity index (χ1n) is 12.5. The van der Waals surface area contributed by atoms with Crippen molar-refractivity contribution >= 4 is 39.0 Å². The zero-order valence-corrected chi connectivity index (χ0v) is 23.8. The molecule has 1 amide bonds. The molecular weight excluding hydrogens is 541 g/mol. The lowest BCUT2D eigenvalue weighted by atomic mass is 9.78. The Morgan fingerprint density at radius 2 is 1.48 bits per heavy atom. The number of rotatable bonds is 4. The van der Waals surface area contributed by atoms with Crippen LogP contribution < -0.4 is 10.0 Å². The van der Waals surface area contributed by atoms with E-state index in [9.17, 15) is 31.5 Å². The topological polar surface area (TPSA) is 95.5 Å². The Hall–Kier alpha value is -3.79. The molecule has 0 atom stereocenters. The number of phenols is 1. The van der Waals surface area contributed by atoms with Crippen LogP contribution in [0.5, 0.6) is 5.75 Å². The van der Waals surface area contributed by atoms with E-state index in [1.54, 1.807) is 6.08 Å². The highest BCUT2D eigenvalue weighted by atomic mass is 32.2. The van der Waals surface area contributed by atoms with E-state index >= 15 is 0 Å². The summed E-state index contributed by atoms with van der Waals surface area (Å²) in [5.41, 5.74) is 1.39. The van der Waals surface area contributed by atoms with E-state index in [1.807, 2.05) is 53.7 Å². The second-order valence-corrected chi connectivity index (χ2v) is 13.5. The molecule has 0 aromatic heterocycles. The number of halogens is 3. The third-order valence-corrected chi connectivity index (χ3v) is 8.04. The first kappa shape index (κ1) is 29.2. The third kappa shape index (κ3) is 5.86. The number of carbonyl (C=O) groups excluding carboxylic acids is 1. The number of aromatic hydroxyl groups is 1. The zero-order chi connectivity index (χ0) is 29.8. The minimum Gasteiger partial charge on any atom is -0.507 e. The van der Waals surface area contributed by atoms with Crippen LogP contribution in [0.3, 0.4) is 0 Å². The van der Waals surface area contributed by atoms with Crippen LogP contribution >= 0.6 is 0 Å². The summed E-state index contributed by atoms with van der Waals surface area (Å²) in [4.78, 5) is 12.8. The van der Waals surface area contributed by atoms with Crippen molar-refractivity contribution < 1.29 is 31.5 Å².